The monoisotopic (exact) mass is 400 g/mol. The molecule has 1 fully saturated rings. The second-order valence-electron chi connectivity index (χ2n) is 6.29. The largest absolute Gasteiger partial charge is 0.411 e. The predicted molar refractivity (Wildman–Crippen MR) is 102 cm³/mol. The van der Waals surface area contributed by atoms with E-state index in [0.29, 0.717) is 29.8 Å². The molecular formula is C19H19FN5O2S+. The fourth-order valence-electron chi connectivity index (χ4n) is 2.99. The Balaban J connectivity index is 1.28. The fraction of sp³-hybridized carbons (Fsp3) is 0.263. The SMILES string of the molecule is O=C(CSc1nnc(-c2ccc(F)cc2)o1)N1CCN(c2cc[nH+]cc2)CC1. The molecule has 0 unspecified atom stereocenters. The van der Waals surface area contributed by atoms with Gasteiger partial charge in [0.2, 0.25) is 11.8 Å². The zero-order valence-corrected chi connectivity index (χ0v) is 15.9. The Labute approximate surface area is 165 Å². The molecule has 9 heteroatoms. The molecule has 0 saturated carbocycles. The molecule has 4 rings (SSSR count). The van der Waals surface area contributed by atoms with Crippen LogP contribution in [0.1, 0.15) is 0 Å². The number of hydrogen-bond acceptors (Lipinski definition) is 6. The van der Waals surface area contributed by atoms with Gasteiger partial charge in [0, 0.05) is 49.6 Å². The van der Waals surface area contributed by atoms with Gasteiger partial charge in [-0.2, -0.15) is 0 Å². The normalized spacial score (nSPS) is 14.3. The first-order valence-corrected chi connectivity index (χ1v) is 9.89. The highest BCUT2D eigenvalue weighted by Gasteiger charge is 2.22. The maximum absolute atomic E-state index is 13.0. The van der Waals surface area contributed by atoms with Crippen LogP contribution in [0.5, 0.6) is 0 Å². The summed E-state index contributed by atoms with van der Waals surface area (Å²) in [7, 11) is 0. The van der Waals surface area contributed by atoms with E-state index in [1.165, 1.54) is 23.9 Å². The van der Waals surface area contributed by atoms with E-state index in [2.05, 4.69) is 20.1 Å². The number of aromatic nitrogens is 3. The molecule has 1 N–H and O–H groups in total. The van der Waals surface area contributed by atoms with Crippen LogP contribution >= 0.6 is 11.8 Å². The third-order valence-corrected chi connectivity index (χ3v) is 5.32. The fourth-order valence-corrected chi connectivity index (χ4v) is 3.66. The quantitative estimate of drug-likeness (QED) is 0.611. The maximum atomic E-state index is 13.0. The molecule has 0 spiro atoms. The molecule has 3 heterocycles. The highest BCUT2D eigenvalue weighted by Crippen LogP contribution is 2.24. The van der Waals surface area contributed by atoms with E-state index in [9.17, 15) is 9.18 Å². The summed E-state index contributed by atoms with van der Waals surface area (Å²) in [6.07, 6.45) is 3.79. The number of nitrogens with zero attached hydrogens (tertiary/aromatic N) is 4. The van der Waals surface area contributed by atoms with Gasteiger partial charge in [-0.05, 0) is 24.3 Å². The van der Waals surface area contributed by atoms with Gasteiger partial charge in [-0.25, -0.2) is 9.37 Å². The highest BCUT2D eigenvalue weighted by atomic mass is 32.2. The number of thioether (sulfide) groups is 1. The molecule has 1 aliphatic heterocycles. The zero-order chi connectivity index (χ0) is 19.3. The van der Waals surface area contributed by atoms with Gasteiger partial charge < -0.3 is 14.2 Å². The first kappa shape index (κ1) is 18.4. The van der Waals surface area contributed by atoms with Crippen LogP contribution < -0.4 is 9.88 Å². The lowest BCUT2D eigenvalue weighted by Crippen LogP contribution is -2.49. The van der Waals surface area contributed by atoms with E-state index in [0.717, 1.165) is 18.8 Å². The van der Waals surface area contributed by atoms with Crippen LogP contribution in [0.2, 0.25) is 0 Å². The van der Waals surface area contributed by atoms with Crippen molar-refractivity contribution in [2.45, 2.75) is 5.22 Å². The number of amides is 1. The average molecular weight is 400 g/mol. The molecule has 3 aromatic rings. The van der Waals surface area contributed by atoms with Gasteiger partial charge in [0.15, 0.2) is 12.4 Å². The summed E-state index contributed by atoms with van der Waals surface area (Å²) in [5.41, 5.74) is 1.79. The van der Waals surface area contributed by atoms with Crippen molar-refractivity contribution in [1.82, 2.24) is 15.1 Å². The number of aromatic amines is 1. The van der Waals surface area contributed by atoms with Crippen molar-refractivity contribution in [1.29, 1.82) is 0 Å². The Kier molecular flexibility index (Phi) is 5.52. The number of pyridine rings is 1. The van der Waals surface area contributed by atoms with Crippen LogP contribution in [0.3, 0.4) is 0 Å². The molecule has 1 amide bonds. The predicted octanol–water partition coefficient (Wildman–Crippen LogP) is 2.13. The second-order valence-corrected chi connectivity index (χ2v) is 7.22. The molecule has 144 valence electrons. The summed E-state index contributed by atoms with van der Waals surface area (Å²) < 4.78 is 18.6. The molecule has 7 nitrogen and oxygen atoms in total. The Morgan fingerprint density at radius 3 is 2.50 bits per heavy atom. The molecule has 0 aliphatic carbocycles. The minimum atomic E-state index is -0.325. The standard InChI is InChI=1S/C19H18FN5O2S/c20-15-3-1-14(2-4-15)18-22-23-19(27-18)28-13-17(26)25-11-9-24(10-12-25)16-5-7-21-8-6-16/h1-8H,9-13H2/p+1. The van der Waals surface area contributed by atoms with E-state index >= 15 is 0 Å². The molecule has 1 saturated heterocycles. The van der Waals surface area contributed by atoms with Gasteiger partial charge in [0.25, 0.3) is 5.22 Å². The second kappa shape index (κ2) is 8.39. The van der Waals surface area contributed by atoms with Gasteiger partial charge >= 0.3 is 0 Å². The van der Waals surface area contributed by atoms with E-state index in [1.54, 1.807) is 12.1 Å². The maximum Gasteiger partial charge on any atom is 0.277 e. The van der Waals surface area contributed by atoms with Crippen molar-refractivity contribution in [3.63, 3.8) is 0 Å². The topological polar surface area (TPSA) is 76.6 Å². The van der Waals surface area contributed by atoms with Gasteiger partial charge in [0.1, 0.15) is 5.82 Å². The lowest BCUT2D eigenvalue weighted by molar-refractivity contribution is -0.377. The first-order chi connectivity index (χ1) is 13.7. The molecule has 0 atom stereocenters. The third-order valence-electron chi connectivity index (χ3n) is 4.51. The number of benzene rings is 1. The van der Waals surface area contributed by atoms with Crippen molar-refractivity contribution >= 4 is 23.4 Å². The van der Waals surface area contributed by atoms with Gasteiger partial charge in [-0.3, -0.25) is 4.79 Å². The zero-order valence-electron chi connectivity index (χ0n) is 15.0. The summed E-state index contributed by atoms with van der Waals surface area (Å²) in [4.78, 5) is 19.6. The van der Waals surface area contributed by atoms with E-state index in [-0.39, 0.29) is 17.5 Å². The van der Waals surface area contributed by atoms with Crippen LogP contribution in [0.4, 0.5) is 10.1 Å². The summed E-state index contributed by atoms with van der Waals surface area (Å²) in [6, 6.07) is 9.88. The number of nitrogens with one attached hydrogen (secondary N) is 1. The van der Waals surface area contributed by atoms with Crippen molar-refractivity contribution in [2.24, 2.45) is 0 Å². The van der Waals surface area contributed by atoms with Crippen LogP contribution in [0.15, 0.2) is 58.4 Å². The van der Waals surface area contributed by atoms with Gasteiger partial charge in [-0.1, -0.05) is 11.8 Å². The lowest BCUT2D eigenvalue weighted by atomic mass is 10.2. The number of carbonyl (C=O) groups excluding carboxylic acids is 1. The number of rotatable bonds is 5. The lowest BCUT2D eigenvalue weighted by Gasteiger charge is -2.35. The Morgan fingerprint density at radius 2 is 1.79 bits per heavy atom. The average Bonchev–Trinajstić information content (AvgIpc) is 3.22. The van der Waals surface area contributed by atoms with Gasteiger partial charge in [-0.15, -0.1) is 10.2 Å². The molecule has 28 heavy (non-hydrogen) atoms. The molecular weight excluding hydrogens is 381 g/mol. The number of halogens is 1. The number of piperazine rings is 1. The minimum absolute atomic E-state index is 0.0487. The van der Waals surface area contributed by atoms with Crippen LogP contribution in [-0.4, -0.2) is 52.9 Å². The molecule has 0 bridgehead atoms. The summed E-state index contributed by atoms with van der Waals surface area (Å²) in [6.45, 7) is 2.97. The van der Waals surface area contributed by atoms with E-state index in [1.807, 2.05) is 29.4 Å². The molecule has 1 aromatic carbocycles. The van der Waals surface area contributed by atoms with Crippen molar-refractivity contribution in [2.75, 3.05) is 36.8 Å². The number of hydrogen-bond donors (Lipinski definition) is 0. The van der Waals surface area contributed by atoms with E-state index in [4.69, 9.17) is 4.42 Å². The summed E-state index contributed by atoms with van der Waals surface area (Å²) in [5, 5.41) is 8.24. The third kappa shape index (κ3) is 4.30. The molecule has 1 aliphatic rings. The van der Waals surface area contributed by atoms with Crippen LogP contribution in [-0.2, 0) is 4.79 Å². The molecule has 0 radical (unpaired) electrons. The number of carbonyl (C=O) groups is 1. The van der Waals surface area contributed by atoms with Crippen molar-refractivity contribution in [3.05, 3.63) is 54.6 Å². The van der Waals surface area contributed by atoms with Crippen LogP contribution in [0.25, 0.3) is 11.5 Å². The Bertz CT molecular complexity index is 927. The summed E-state index contributed by atoms with van der Waals surface area (Å²) >= 11 is 1.21. The first-order valence-electron chi connectivity index (χ1n) is 8.90. The Morgan fingerprint density at radius 1 is 1.07 bits per heavy atom. The Hall–Kier alpha value is -2.94. The van der Waals surface area contributed by atoms with E-state index < -0.39 is 0 Å². The van der Waals surface area contributed by atoms with Crippen LogP contribution in [0, 0.1) is 5.82 Å². The van der Waals surface area contributed by atoms with Gasteiger partial charge in [0.05, 0.1) is 5.75 Å². The highest BCUT2D eigenvalue weighted by molar-refractivity contribution is 7.99. The number of H-pyrrole nitrogens is 1. The minimum Gasteiger partial charge on any atom is -0.411 e. The van der Waals surface area contributed by atoms with Crippen molar-refractivity contribution < 1.29 is 18.6 Å². The smallest absolute Gasteiger partial charge is 0.277 e. The van der Waals surface area contributed by atoms with Crippen molar-refractivity contribution in [3.8, 4) is 11.5 Å². The molecule has 2 aromatic heterocycles. The summed E-state index contributed by atoms with van der Waals surface area (Å²) in [5.74, 6) is 0.274. The number of anilines is 1.